The molecule has 1 aromatic carbocycles. The molecule has 4 nitrogen and oxygen atoms in total. The van der Waals surface area contributed by atoms with Crippen LogP contribution in [0.4, 0.5) is 0 Å². The van der Waals surface area contributed by atoms with Gasteiger partial charge in [0.15, 0.2) is 0 Å². The van der Waals surface area contributed by atoms with Gasteiger partial charge in [0, 0.05) is 5.02 Å². The monoisotopic (exact) mass is 349 g/mol. The first-order chi connectivity index (χ1) is 11.5. The average Bonchev–Trinajstić information content (AvgIpc) is 2.56. The smallest absolute Gasteiger partial charge is 0.320 e. The van der Waals surface area contributed by atoms with E-state index in [1.54, 1.807) is 6.92 Å². The Labute approximate surface area is 148 Å². The highest BCUT2D eigenvalue weighted by Crippen LogP contribution is 2.21. The molecular weight excluding hydrogens is 326 g/mol. The first kappa shape index (κ1) is 20.1. The van der Waals surface area contributed by atoms with Crippen LogP contribution in [0.1, 0.15) is 38.7 Å². The summed E-state index contributed by atoms with van der Waals surface area (Å²) < 4.78 is 0. The van der Waals surface area contributed by atoms with E-state index < -0.39 is 18.1 Å². The highest BCUT2D eigenvalue weighted by Gasteiger charge is 2.18. The summed E-state index contributed by atoms with van der Waals surface area (Å²) in [7, 11) is 0. The third-order valence-electron chi connectivity index (χ3n) is 3.47. The van der Waals surface area contributed by atoms with Crippen molar-refractivity contribution in [2.24, 2.45) is 0 Å². The molecule has 1 rings (SSSR count). The Hall–Kier alpha value is -1.91. The lowest BCUT2D eigenvalue weighted by Crippen LogP contribution is -2.42. The molecule has 2 atom stereocenters. The van der Waals surface area contributed by atoms with Gasteiger partial charge in [0.05, 0.1) is 6.04 Å². The number of benzene rings is 1. The van der Waals surface area contributed by atoms with Gasteiger partial charge in [-0.25, -0.2) is 0 Å². The predicted octanol–water partition coefficient (Wildman–Crippen LogP) is 4.10. The van der Waals surface area contributed by atoms with Gasteiger partial charge in [-0.05, 0) is 49.5 Å². The van der Waals surface area contributed by atoms with E-state index >= 15 is 0 Å². The van der Waals surface area contributed by atoms with E-state index in [1.165, 1.54) is 0 Å². The molecule has 0 amide bonds. The van der Waals surface area contributed by atoms with Crippen molar-refractivity contribution in [3.8, 4) is 0 Å². The van der Waals surface area contributed by atoms with Crippen LogP contribution in [0.15, 0.2) is 42.5 Å². The molecule has 0 aromatic heterocycles. The van der Waals surface area contributed by atoms with Crippen LogP contribution in [-0.2, 0) is 9.59 Å². The van der Waals surface area contributed by atoms with Gasteiger partial charge in [-0.15, -0.1) is 0 Å². The Morgan fingerprint density at radius 1 is 1.42 bits per heavy atom. The molecule has 0 radical (unpaired) electrons. The second kappa shape index (κ2) is 10.8. The third kappa shape index (κ3) is 7.11. The summed E-state index contributed by atoms with van der Waals surface area (Å²) in [5.41, 5.74) is 2.09. The molecule has 0 aliphatic heterocycles. The molecule has 2 N–H and O–H groups in total. The van der Waals surface area contributed by atoms with Crippen molar-refractivity contribution >= 4 is 29.4 Å². The molecular formula is C19H24ClNO3. The summed E-state index contributed by atoms with van der Waals surface area (Å²) in [5, 5.41) is 12.7. The summed E-state index contributed by atoms with van der Waals surface area (Å²) in [6.07, 6.45) is 8.64. The number of carbonyl (C=O) groups excluding carboxylic acids is 1. The first-order valence-corrected chi connectivity index (χ1v) is 8.42. The zero-order valence-electron chi connectivity index (χ0n) is 14.0. The quantitative estimate of drug-likeness (QED) is 0.493. The minimum absolute atomic E-state index is 0.416. The number of hydrogen-bond donors (Lipinski definition) is 2. The van der Waals surface area contributed by atoms with Crippen molar-refractivity contribution in [1.29, 1.82) is 0 Å². The standard InChI is InChI=1S/C19H24ClNO3/c1-3-7-15(16-9-6-10-17(20)12-16)8-4-5-11-18(19(23)24)21-14(2)13-22/h4,6-10,12-14,18,21H,3,5,11H2,1-2H3,(H,23,24)/b8-4-,15-7+/t14-,18-/m0/s1. The van der Waals surface area contributed by atoms with Gasteiger partial charge in [-0.3, -0.25) is 10.1 Å². The summed E-state index contributed by atoms with van der Waals surface area (Å²) in [5.74, 6) is -0.948. The Morgan fingerprint density at radius 3 is 2.75 bits per heavy atom. The van der Waals surface area contributed by atoms with Crippen molar-refractivity contribution in [1.82, 2.24) is 5.32 Å². The molecule has 0 heterocycles. The topological polar surface area (TPSA) is 66.4 Å². The van der Waals surface area contributed by atoms with Gasteiger partial charge < -0.3 is 9.90 Å². The van der Waals surface area contributed by atoms with Gasteiger partial charge in [0.2, 0.25) is 0 Å². The van der Waals surface area contributed by atoms with Crippen molar-refractivity contribution in [2.45, 2.75) is 45.2 Å². The molecule has 130 valence electrons. The first-order valence-electron chi connectivity index (χ1n) is 8.04. The van der Waals surface area contributed by atoms with Crippen LogP contribution < -0.4 is 5.32 Å². The fraction of sp³-hybridized carbons (Fsp3) is 0.368. The van der Waals surface area contributed by atoms with E-state index in [4.69, 9.17) is 11.6 Å². The van der Waals surface area contributed by atoms with Crippen LogP contribution in [0.2, 0.25) is 5.02 Å². The predicted molar refractivity (Wildman–Crippen MR) is 98.2 cm³/mol. The van der Waals surface area contributed by atoms with Gasteiger partial charge in [0.1, 0.15) is 12.3 Å². The number of allylic oxidation sites excluding steroid dienone is 4. The van der Waals surface area contributed by atoms with E-state index in [0.29, 0.717) is 24.2 Å². The number of hydrogen-bond acceptors (Lipinski definition) is 3. The number of carboxylic acids is 1. The maximum absolute atomic E-state index is 11.2. The number of halogens is 1. The Balaban J connectivity index is 2.69. The van der Waals surface area contributed by atoms with E-state index in [2.05, 4.69) is 18.3 Å². The molecule has 0 aliphatic carbocycles. The SMILES string of the molecule is CC/C=C(\C=C/CC[C@H](N[C@@H](C)C=O)C(=O)O)c1cccc(Cl)c1. The average molecular weight is 350 g/mol. The van der Waals surface area contributed by atoms with Gasteiger partial charge in [-0.2, -0.15) is 0 Å². The van der Waals surface area contributed by atoms with Crippen molar-refractivity contribution in [3.05, 3.63) is 53.1 Å². The molecule has 0 spiro atoms. The molecule has 0 fully saturated rings. The lowest BCUT2D eigenvalue weighted by atomic mass is 10.0. The van der Waals surface area contributed by atoms with Gasteiger partial charge in [0.25, 0.3) is 0 Å². The van der Waals surface area contributed by atoms with E-state index in [1.807, 2.05) is 36.4 Å². The van der Waals surface area contributed by atoms with Crippen LogP contribution in [0.25, 0.3) is 5.57 Å². The Kier molecular flexibility index (Phi) is 9.05. The molecule has 5 heteroatoms. The summed E-state index contributed by atoms with van der Waals surface area (Å²) >= 11 is 6.04. The number of aliphatic carboxylic acids is 1. The number of aldehydes is 1. The number of carboxylic acid groups (broad SMARTS) is 1. The van der Waals surface area contributed by atoms with Crippen molar-refractivity contribution in [3.63, 3.8) is 0 Å². The van der Waals surface area contributed by atoms with Crippen LogP contribution in [0, 0.1) is 0 Å². The normalized spacial score (nSPS) is 14.5. The fourth-order valence-electron chi connectivity index (χ4n) is 2.28. The zero-order valence-corrected chi connectivity index (χ0v) is 14.8. The second-order valence-electron chi connectivity index (χ2n) is 5.54. The van der Waals surface area contributed by atoms with Crippen molar-refractivity contribution < 1.29 is 14.7 Å². The Bertz CT molecular complexity index is 610. The van der Waals surface area contributed by atoms with Crippen LogP contribution >= 0.6 is 11.6 Å². The molecule has 0 bridgehead atoms. The minimum atomic E-state index is -0.948. The molecule has 0 saturated carbocycles. The fourth-order valence-corrected chi connectivity index (χ4v) is 2.47. The lowest BCUT2D eigenvalue weighted by Gasteiger charge is -2.15. The molecule has 24 heavy (non-hydrogen) atoms. The van der Waals surface area contributed by atoms with E-state index in [0.717, 1.165) is 17.6 Å². The van der Waals surface area contributed by atoms with Crippen LogP contribution in [-0.4, -0.2) is 29.4 Å². The maximum Gasteiger partial charge on any atom is 0.320 e. The summed E-state index contributed by atoms with van der Waals surface area (Å²) in [6, 6.07) is 6.42. The zero-order chi connectivity index (χ0) is 17.9. The third-order valence-corrected chi connectivity index (χ3v) is 3.70. The largest absolute Gasteiger partial charge is 0.480 e. The van der Waals surface area contributed by atoms with Gasteiger partial charge in [-0.1, -0.05) is 48.9 Å². The highest BCUT2D eigenvalue weighted by atomic mass is 35.5. The highest BCUT2D eigenvalue weighted by molar-refractivity contribution is 6.30. The van der Waals surface area contributed by atoms with Crippen LogP contribution in [0.5, 0.6) is 0 Å². The molecule has 1 aromatic rings. The van der Waals surface area contributed by atoms with Crippen molar-refractivity contribution in [2.75, 3.05) is 0 Å². The number of nitrogens with one attached hydrogen (secondary N) is 1. The minimum Gasteiger partial charge on any atom is -0.480 e. The Morgan fingerprint density at radius 2 is 2.17 bits per heavy atom. The molecule has 0 unspecified atom stereocenters. The lowest BCUT2D eigenvalue weighted by molar-refractivity contribution is -0.139. The van der Waals surface area contributed by atoms with E-state index in [-0.39, 0.29) is 0 Å². The summed E-state index contributed by atoms with van der Waals surface area (Å²) in [6.45, 7) is 3.70. The summed E-state index contributed by atoms with van der Waals surface area (Å²) in [4.78, 5) is 21.9. The van der Waals surface area contributed by atoms with Crippen LogP contribution in [0.3, 0.4) is 0 Å². The van der Waals surface area contributed by atoms with Gasteiger partial charge >= 0.3 is 5.97 Å². The van der Waals surface area contributed by atoms with E-state index in [9.17, 15) is 14.7 Å². The molecule has 0 aliphatic rings. The second-order valence-corrected chi connectivity index (χ2v) is 5.98. The maximum atomic E-state index is 11.2. The molecule has 0 saturated heterocycles. The number of rotatable bonds is 10. The number of carbonyl (C=O) groups is 2.